The van der Waals surface area contributed by atoms with Crippen LogP contribution >= 0.6 is 0 Å². The minimum Gasteiger partial charge on any atom is -0.487 e. The second kappa shape index (κ2) is 8.39. The van der Waals surface area contributed by atoms with E-state index in [0.29, 0.717) is 87.0 Å². The van der Waals surface area contributed by atoms with Crippen LogP contribution in [0.3, 0.4) is 0 Å². The van der Waals surface area contributed by atoms with Gasteiger partial charge in [0.2, 0.25) is 0 Å². The summed E-state index contributed by atoms with van der Waals surface area (Å²) >= 11 is 0. The van der Waals surface area contributed by atoms with E-state index in [0.717, 1.165) is 0 Å². The highest BCUT2D eigenvalue weighted by molar-refractivity contribution is 5.66. The zero-order valence-corrected chi connectivity index (χ0v) is 13.7. The van der Waals surface area contributed by atoms with Crippen molar-refractivity contribution >= 4 is 0 Å². The van der Waals surface area contributed by atoms with Crippen LogP contribution in [0.5, 0.6) is 23.0 Å². The number of benzene rings is 1. The molecular weight excluding hydrogens is 316 g/mol. The van der Waals surface area contributed by atoms with Crippen LogP contribution in [0, 0.1) is 0 Å². The fraction of sp³-hybridized carbons (Fsp3) is 0.625. The van der Waals surface area contributed by atoms with E-state index in [4.69, 9.17) is 39.9 Å². The predicted octanol–water partition coefficient (Wildman–Crippen LogP) is 0.180. The smallest absolute Gasteiger partial charge is 0.170 e. The summed E-state index contributed by atoms with van der Waals surface area (Å²) in [5.41, 5.74) is 13.4. The highest BCUT2D eigenvalue weighted by atomic mass is 16.6. The van der Waals surface area contributed by atoms with E-state index in [2.05, 4.69) is 0 Å². The molecule has 0 amide bonds. The molecule has 1 aromatic carbocycles. The number of hydrogen-bond donors (Lipinski definition) is 2. The summed E-state index contributed by atoms with van der Waals surface area (Å²) in [6.07, 6.45) is 0. The van der Waals surface area contributed by atoms with Gasteiger partial charge in [-0.15, -0.1) is 0 Å². The van der Waals surface area contributed by atoms with Crippen molar-refractivity contribution in [2.45, 2.75) is 13.1 Å². The largest absolute Gasteiger partial charge is 0.487 e. The first kappa shape index (κ1) is 17.1. The van der Waals surface area contributed by atoms with Gasteiger partial charge in [-0.2, -0.15) is 0 Å². The van der Waals surface area contributed by atoms with Gasteiger partial charge in [-0.3, -0.25) is 0 Å². The van der Waals surface area contributed by atoms with Crippen molar-refractivity contribution in [3.8, 4) is 23.0 Å². The van der Waals surface area contributed by atoms with Crippen molar-refractivity contribution < 1.29 is 28.4 Å². The Hall–Kier alpha value is -1.74. The van der Waals surface area contributed by atoms with Gasteiger partial charge in [0.25, 0.3) is 0 Å². The lowest BCUT2D eigenvalue weighted by Gasteiger charge is -2.24. The average molecular weight is 340 g/mol. The first-order chi connectivity index (χ1) is 11.9. The van der Waals surface area contributed by atoms with Crippen molar-refractivity contribution in [1.29, 1.82) is 0 Å². The van der Waals surface area contributed by atoms with Crippen LogP contribution in [0.2, 0.25) is 0 Å². The van der Waals surface area contributed by atoms with E-state index < -0.39 is 0 Å². The molecule has 1 aromatic rings. The van der Waals surface area contributed by atoms with Gasteiger partial charge in [0.1, 0.15) is 26.4 Å². The lowest BCUT2D eigenvalue weighted by atomic mass is 10.0. The number of hydrogen-bond acceptors (Lipinski definition) is 8. The van der Waals surface area contributed by atoms with Gasteiger partial charge in [0.15, 0.2) is 23.0 Å². The summed E-state index contributed by atoms with van der Waals surface area (Å²) in [6.45, 7) is 3.96. The minimum atomic E-state index is 0.226. The fourth-order valence-electron chi connectivity index (χ4n) is 2.75. The second-order valence-electron chi connectivity index (χ2n) is 5.30. The monoisotopic (exact) mass is 340 g/mol. The molecule has 2 aliphatic heterocycles. The Balaban J connectivity index is 2.14. The van der Waals surface area contributed by atoms with Crippen molar-refractivity contribution in [2.75, 3.05) is 52.9 Å². The third-order valence-corrected chi connectivity index (χ3v) is 3.81. The lowest BCUT2D eigenvalue weighted by molar-refractivity contribution is 0.0857. The normalized spacial score (nSPS) is 18.4. The quantitative estimate of drug-likeness (QED) is 0.785. The molecule has 3 rings (SSSR count). The molecule has 4 N–H and O–H groups in total. The molecule has 0 unspecified atom stereocenters. The summed E-state index contributed by atoms with van der Waals surface area (Å²) < 4.78 is 34.4. The molecule has 0 saturated heterocycles. The van der Waals surface area contributed by atoms with Crippen molar-refractivity contribution in [2.24, 2.45) is 11.5 Å². The molecule has 0 spiro atoms. The van der Waals surface area contributed by atoms with E-state index in [-0.39, 0.29) is 13.1 Å². The molecule has 24 heavy (non-hydrogen) atoms. The molecule has 2 heterocycles. The zero-order valence-electron chi connectivity index (χ0n) is 13.7. The van der Waals surface area contributed by atoms with Crippen molar-refractivity contribution in [3.05, 3.63) is 11.1 Å². The molecule has 0 fully saturated rings. The molecule has 0 radical (unpaired) electrons. The molecule has 0 aromatic heterocycles. The maximum absolute atomic E-state index is 5.98. The lowest BCUT2D eigenvalue weighted by Crippen LogP contribution is -2.15. The van der Waals surface area contributed by atoms with Crippen LogP contribution in [0.15, 0.2) is 0 Å². The van der Waals surface area contributed by atoms with E-state index in [1.807, 2.05) is 0 Å². The van der Waals surface area contributed by atoms with Crippen molar-refractivity contribution in [3.63, 3.8) is 0 Å². The third kappa shape index (κ3) is 3.51. The van der Waals surface area contributed by atoms with Crippen molar-refractivity contribution in [1.82, 2.24) is 0 Å². The SMILES string of the molecule is NCc1c2c(c(CN)c3c1OCCOCCO3)OCCOCCO2. The van der Waals surface area contributed by atoms with Crippen LogP contribution in [-0.4, -0.2) is 52.9 Å². The Bertz CT molecular complexity index is 476. The van der Waals surface area contributed by atoms with Gasteiger partial charge >= 0.3 is 0 Å². The second-order valence-corrected chi connectivity index (χ2v) is 5.30. The van der Waals surface area contributed by atoms with Gasteiger partial charge in [-0.05, 0) is 0 Å². The van der Waals surface area contributed by atoms with Crippen LogP contribution in [0.25, 0.3) is 0 Å². The van der Waals surface area contributed by atoms with E-state index in [1.54, 1.807) is 0 Å². The zero-order chi connectivity index (χ0) is 16.8. The molecule has 2 aliphatic rings. The first-order valence-electron chi connectivity index (χ1n) is 8.15. The number of ether oxygens (including phenoxy) is 6. The Kier molecular flexibility index (Phi) is 5.97. The fourth-order valence-corrected chi connectivity index (χ4v) is 2.75. The van der Waals surface area contributed by atoms with Gasteiger partial charge < -0.3 is 39.9 Å². The first-order valence-corrected chi connectivity index (χ1v) is 8.15. The maximum atomic E-state index is 5.98. The predicted molar refractivity (Wildman–Crippen MR) is 85.8 cm³/mol. The highest BCUT2D eigenvalue weighted by Gasteiger charge is 2.28. The molecule has 0 aliphatic carbocycles. The number of nitrogens with two attached hydrogens (primary N) is 2. The molecule has 0 atom stereocenters. The Labute approximate surface area is 140 Å². The number of fused-ring (bicyclic) bond motifs is 2. The molecule has 134 valence electrons. The Morgan fingerprint density at radius 3 is 1.04 bits per heavy atom. The third-order valence-electron chi connectivity index (χ3n) is 3.81. The maximum Gasteiger partial charge on any atom is 0.170 e. The van der Waals surface area contributed by atoms with Gasteiger partial charge in [0, 0.05) is 13.1 Å². The number of rotatable bonds is 2. The topological polar surface area (TPSA) is 107 Å². The van der Waals surface area contributed by atoms with E-state index in [9.17, 15) is 0 Å². The molecular formula is C16H24N2O6. The molecule has 0 saturated carbocycles. The molecule has 8 nitrogen and oxygen atoms in total. The van der Waals surface area contributed by atoms with Gasteiger partial charge in [0.05, 0.1) is 37.6 Å². The average Bonchev–Trinajstić information content (AvgIpc) is 2.79. The molecule has 8 heteroatoms. The Morgan fingerprint density at radius 2 is 0.792 bits per heavy atom. The summed E-state index contributed by atoms with van der Waals surface area (Å²) in [5, 5.41) is 0. The standard InChI is InChI=1S/C16H24N2O6/c17-9-11-13-14(22-6-2-19-1-5-21-13)12(10-18)16-15(11)23-7-3-20-4-8-24-16/h1-10,17-18H2. The van der Waals surface area contributed by atoms with E-state index >= 15 is 0 Å². The summed E-state index contributed by atoms with van der Waals surface area (Å²) in [7, 11) is 0. The highest BCUT2D eigenvalue weighted by Crippen LogP contribution is 2.49. The van der Waals surface area contributed by atoms with Gasteiger partial charge in [-0.25, -0.2) is 0 Å². The van der Waals surface area contributed by atoms with Gasteiger partial charge in [-0.1, -0.05) is 0 Å². The van der Waals surface area contributed by atoms with Crippen LogP contribution in [0.4, 0.5) is 0 Å². The summed E-state index contributed by atoms with van der Waals surface area (Å²) in [6, 6.07) is 0. The summed E-state index contributed by atoms with van der Waals surface area (Å²) in [5.74, 6) is 2.24. The summed E-state index contributed by atoms with van der Waals surface area (Å²) in [4.78, 5) is 0. The van der Waals surface area contributed by atoms with Crippen LogP contribution in [0.1, 0.15) is 11.1 Å². The minimum absolute atomic E-state index is 0.226. The van der Waals surface area contributed by atoms with Crippen LogP contribution in [-0.2, 0) is 22.6 Å². The van der Waals surface area contributed by atoms with E-state index in [1.165, 1.54) is 0 Å². The Morgan fingerprint density at radius 1 is 0.500 bits per heavy atom. The molecule has 0 bridgehead atoms. The van der Waals surface area contributed by atoms with Crippen LogP contribution < -0.4 is 30.4 Å².